The molecule has 0 radical (unpaired) electrons. The van der Waals surface area contributed by atoms with Gasteiger partial charge in [-0.3, -0.25) is 9.69 Å². The van der Waals surface area contributed by atoms with Gasteiger partial charge in [0, 0.05) is 39.3 Å². The van der Waals surface area contributed by atoms with Crippen LogP contribution in [-0.4, -0.2) is 56.2 Å². The van der Waals surface area contributed by atoms with E-state index in [9.17, 15) is 4.79 Å². The molecule has 1 aliphatic rings. The fraction of sp³-hybridized carbons (Fsp3) is 0.533. The Labute approximate surface area is 120 Å². The Morgan fingerprint density at radius 2 is 2.05 bits per heavy atom. The van der Waals surface area contributed by atoms with Crippen molar-refractivity contribution in [3.05, 3.63) is 30.3 Å². The largest absolute Gasteiger partial charge is 0.481 e. The summed E-state index contributed by atoms with van der Waals surface area (Å²) in [6, 6.07) is 9.41. The topological polar surface area (TPSA) is 53.6 Å². The summed E-state index contributed by atoms with van der Waals surface area (Å²) in [6.07, 6.45) is -0.472. The van der Waals surface area contributed by atoms with Crippen molar-refractivity contribution in [1.29, 1.82) is 0 Å². The maximum absolute atomic E-state index is 11.9. The molecule has 0 aliphatic carbocycles. The third kappa shape index (κ3) is 4.83. The SMILES string of the molecule is CC(Oc1ccccc1)C(=O)NCCN1CCNCC1. The highest BCUT2D eigenvalue weighted by Gasteiger charge is 2.15. The van der Waals surface area contributed by atoms with Gasteiger partial charge in [0.05, 0.1) is 0 Å². The average molecular weight is 277 g/mol. The lowest BCUT2D eigenvalue weighted by Crippen LogP contribution is -2.47. The lowest BCUT2D eigenvalue weighted by Gasteiger charge is -2.27. The van der Waals surface area contributed by atoms with Crippen molar-refractivity contribution in [3.63, 3.8) is 0 Å². The van der Waals surface area contributed by atoms with Gasteiger partial charge in [0.2, 0.25) is 0 Å². The molecule has 0 bridgehead atoms. The number of carbonyl (C=O) groups is 1. The summed E-state index contributed by atoms with van der Waals surface area (Å²) in [7, 11) is 0. The van der Waals surface area contributed by atoms with Gasteiger partial charge in [-0.1, -0.05) is 18.2 Å². The van der Waals surface area contributed by atoms with Gasteiger partial charge in [-0.25, -0.2) is 0 Å². The lowest BCUT2D eigenvalue weighted by atomic mass is 10.3. The molecular formula is C15H23N3O2. The predicted octanol–water partition coefficient (Wildman–Crippen LogP) is 0.475. The molecule has 2 N–H and O–H groups in total. The second-order valence-electron chi connectivity index (χ2n) is 4.96. The Morgan fingerprint density at radius 3 is 2.75 bits per heavy atom. The molecule has 1 fully saturated rings. The van der Waals surface area contributed by atoms with Crippen molar-refractivity contribution in [2.75, 3.05) is 39.3 Å². The van der Waals surface area contributed by atoms with Crippen LogP contribution >= 0.6 is 0 Å². The van der Waals surface area contributed by atoms with E-state index in [0.29, 0.717) is 6.54 Å². The molecule has 5 nitrogen and oxygen atoms in total. The molecule has 1 saturated heterocycles. The molecule has 1 aromatic carbocycles. The molecule has 0 aromatic heterocycles. The number of amides is 1. The van der Waals surface area contributed by atoms with Crippen molar-refractivity contribution < 1.29 is 9.53 Å². The minimum absolute atomic E-state index is 0.0658. The molecule has 1 atom stereocenters. The number of nitrogens with zero attached hydrogens (tertiary/aromatic N) is 1. The van der Waals surface area contributed by atoms with Crippen LogP contribution in [0.1, 0.15) is 6.92 Å². The minimum atomic E-state index is -0.472. The van der Waals surface area contributed by atoms with Gasteiger partial charge in [0.1, 0.15) is 5.75 Å². The van der Waals surface area contributed by atoms with Crippen LogP contribution in [0.5, 0.6) is 5.75 Å². The van der Waals surface area contributed by atoms with Crippen LogP contribution in [0.4, 0.5) is 0 Å². The smallest absolute Gasteiger partial charge is 0.260 e. The molecule has 1 aromatic rings. The Morgan fingerprint density at radius 1 is 1.35 bits per heavy atom. The average Bonchev–Trinajstić information content (AvgIpc) is 2.49. The number of carbonyl (C=O) groups excluding carboxylic acids is 1. The summed E-state index contributed by atoms with van der Waals surface area (Å²) >= 11 is 0. The van der Waals surface area contributed by atoms with Gasteiger partial charge in [-0.15, -0.1) is 0 Å². The quantitative estimate of drug-likeness (QED) is 0.794. The van der Waals surface area contributed by atoms with Gasteiger partial charge >= 0.3 is 0 Å². The van der Waals surface area contributed by atoms with E-state index in [0.717, 1.165) is 38.5 Å². The number of para-hydroxylation sites is 1. The highest BCUT2D eigenvalue weighted by Crippen LogP contribution is 2.10. The highest BCUT2D eigenvalue weighted by molar-refractivity contribution is 5.80. The molecule has 0 spiro atoms. The molecule has 1 unspecified atom stereocenters. The third-order valence-electron chi connectivity index (χ3n) is 3.36. The van der Waals surface area contributed by atoms with Gasteiger partial charge in [-0.05, 0) is 19.1 Å². The van der Waals surface area contributed by atoms with E-state index in [2.05, 4.69) is 15.5 Å². The van der Waals surface area contributed by atoms with E-state index in [1.807, 2.05) is 30.3 Å². The molecule has 1 aliphatic heterocycles. The van der Waals surface area contributed by atoms with Crippen molar-refractivity contribution in [3.8, 4) is 5.75 Å². The first kappa shape index (κ1) is 14.8. The zero-order valence-corrected chi connectivity index (χ0v) is 12.0. The number of hydrogen-bond acceptors (Lipinski definition) is 4. The fourth-order valence-electron chi connectivity index (χ4n) is 2.17. The second-order valence-corrected chi connectivity index (χ2v) is 4.96. The molecule has 20 heavy (non-hydrogen) atoms. The van der Waals surface area contributed by atoms with Crippen LogP contribution in [0, 0.1) is 0 Å². The van der Waals surface area contributed by atoms with Crippen LogP contribution in [0.3, 0.4) is 0 Å². The maximum Gasteiger partial charge on any atom is 0.260 e. The molecule has 2 rings (SSSR count). The van der Waals surface area contributed by atoms with E-state index in [1.54, 1.807) is 6.92 Å². The molecule has 1 amide bonds. The number of hydrogen-bond donors (Lipinski definition) is 2. The van der Waals surface area contributed by atoms with Crippen molar-refractivity contribution in [1.82, 2.24) is 15.5 Å². The van der Waals surface area contributed by atoms with Crippen LogP contribution < -0.4 is 15.4 Å². The Balaban J connectivity index is 1.66. The van der Waals surface area contributed by atoms with E-state index in [4.69, 9.17) is 4.74 Å². The maximum atomic E-state index is 11.9. The Bertz CT molecular complexity index is 405. The number of nitrogens with one attached hydrogen (secondary N) is 2. The lowest BCUT2D eigenvalue weighted by molar-refractivity contribution is -0.127. The monoisotopic (exact) mass is 277 g/mol. The third-order valence-corrected chi connectivity index (χ3v) is 3.36. The first-order chi connectivity index (χ1) is 9.75. The van der Waals surface area contributed by atoms with Gasteiger partial charge < -0.3 is 15.4 Å². The first-order valence-electron chi connectivity index (χ1n) is 7.18. The second kappa shape index (κ2) is 7.87. The summed E-state index contributed by atoms with van der Waals surface area (Å²) in [5.41, 5.74) is 0. The van der Waals surface area contributed by atoms with Crippen molar-refractivity contribution >= 4 is 5.91 Å². The van der Waals surface area contributed by atoms with Gasteiger partial charge in [0.15, 0.2) is 6.10 Å². The molecular weight excluding hydrogens is 254 g/mol. The summed E-state index contributed by atoms with van der Waals surface area (Å²) in [6.45, 7) is 7.49. The minimum Gasteiger partial charge on any atom is -0.481 e. The number of rotatable bonds is 6. The van der Waals surface area contributed by atoms with E-state index < -0.39 is 6.10 Å². The van der Waals surface area contributed by atoms with E-state index >= 15 is 0 Å². The van der Waals surface area contributed by atoms with E-state index in [1.165, 1.54) is 0 Å². The normalized spacial score (nSPS) is 17.4. The molecule has 110 valence electrons. The fourth-order valence-corrected chi connectivity index (χ4v) is 2.17. The number of benzene rings is 1. The predicted molar refractivity (Wildman–Crippen MR) is 78.9 cm³/mol. The number of piperazine rings is 1. The number of ether oxygens (including phenoxy) is 1. The first-order valence-corrected chi connectivity index (χ1v) is 7.18. The van der Waals surface area contributed by atoms with Gasteiger partial charge in [-0.2, -0.15) is 0 Å². The summed E-state index contributed by atoms with van der Waals surface area (Å²) in [5.74, 6) is 0.654. The summed E-state index contributed by atoms with van der Waals surface area (Å²) in [5, 5.41) is 6.23. The standard InChI is InChI=1S/C15H23N3O2/c1-13(20-14-5-3-2-4-6-14)15(19)17-9-12-18-10-7-16-8-11-18/h2-6,13,16H,7-12H2,1H3,(H,17,19). The van der Waals surface area contributed by atoms with E-state index in [-0.39, 0.29) is 5.91 Å². The highest BCUT2D eigenvalue weighted by atomic mass is 16.5. The zero-order chi connectivity index (χ0) is 14.2. The van der Waals surface area contributed by atoms with Crippen LogP contribution in [0.15, 0.2) is 30.3 Å². The van der Waals surface area contributed by atoms with Crippen LogP contribution in [0.2, 0.25) is 0 Å². The Kier molecular flexibility index (Phi) is 5.83. The van der Waals surface area contributed by atoms with Crippen molar-refractivity contribution in [2.45, 2.75) is 13.0 Å². The summed E-state index contributed by atoms with van der Waals surface area (Å²) < 4.78 is 5.58. The molecule has 5 heteroatoms. The molecule has 1 heterocycles. The van der Waals surface area contributed by atoms with Gasteiger partial charge in [0.25, 0.3) is 5.91 Å². The summed E-state index contributed by atoms with van der Waals surface area (Å²) in [4.78, 5) is 14.3. The Hall–Kier alpha value is -1.59. The molecule has 0 saturated carbocycles. The van der Waals surface area contributed by atoms with Crippen molar-refractivity contribution in [2.24, 2.45) is 0 Å². The van der Waals surface area contributed by atoms with Crippen LogP contribution in [0.25, 0.3) is 0 Å². The van der Waals surface area contributed by atoms with Crippen LogP contribution in [-0.2, 0) is 4.79 Å². The zero-order valence-electron chi connectivity index (χ0n) is 12.0.